The van der Waals surface area contributed by atoms with Crippen LogP contribution in [-0.2, 0) is 11.2 Å². The van der Waals surface area contributed by atoms with E-state index in [4.69, 9.17) is 31.5 Å². The minimum absolute atomic E-state index is 0.319. The van der Waals surface area contributed by atoms with Crippen molar-refractivity contribution >= 4 is 23.3 Å². The zero-order valence-corrected chi connectivity index (χ0v) is 17.7. The summed E-state index contributed by atoms with van der Waals surface area (Å²) < 4.78 is 17.8. The molecule has 2 aromatic rings. The van der Waals surface area contributed by atoms with E-state index in [-0.39, 0.29) is 5.97 Å². The molecule has 1 unspecified atom stereocenters. The number of hydrogen-bond donors (Lipinski definition) is 1. The highest BCUT2D eigenvalue weighted by Crippen LogP contribution is 2.44. The third-order valence-corrected chi connectivity index (χ3v) is 5.59. The molecule has 28 heavy (non-hydrogen) atoms. The van der Waals surface area contributed by atoms with Crippen LogP contribution in [0.4, 0.5) is 5.69 Å². The number of nitrogens with two attached hydrogens (primary N) is 1. The number of rotatable bonds is 4. The zero-order valence-electron chi connectivity index (χ0n) is 16.9. The SMILES string of the molecule is CC(=O)Oc1c(C)c(C)c2c(c1C)CCC(C)(COc1ccc(N)cc1Cl)O2. The van der Waals surface area contributed by atoms with Gasteiger partial charge in [-0.1, -0.05) is 11.6 Å². The van der Waals surface area contributed by atoms with Gasteiger partial charge in [0.15, 0.2) is 0 Å². The summed E-state index contributed by atoms with van der Waals surface area (Å²) in [6.45, 7) is 9.72. The second-order valence-electron chi connectivity index (χ2n) is 7.64. The average Bonchev–Trinajstić information content (AvgIpc) is 2.62. The largest absolute Gasteiger partial charge is 0.488 e. The van der Waals surface area contributed by atoms with E-state index >= 15 is 0 Å². The Morgan fingerprint density at radius 1 is 1.25 bits per heavy atom. The molecule has 0 radical (unpaired) electrons. The van der Waals surface area contributed by atoms with Crippen LogP contribution >= 0.6 is 11.6 Å². The van der Waals surface area contributed by atoms with Gasteiger partial charge in [0, 0.05) is 18.2 Å². The zero-order chi connectivity index (χ0) is 20.6. The number of carbonyl (C=O) groups excluding carboxylic acids is 1. The number of anilines is 1. The van der Waals surface area contributed by atoms with Crippen LogP contribution in [0.2, 0.25) is 5.02 Å². The van der Waals surface area contributed by atoms with Gasteiger partial charge in [-0.3, -0.25) is 4.79 Å². The lowest BCUT2D eigenvalue weighted by Gasteiger charge is -2.37. The Kier molecular flexibility index (Phi) is 5.48. The van der Waals surface area contributed by atoms with Crippen LogP contribution in [0.15, 0.2) is 18.2 Å². The van der Waals surface area contributed by atoms with Crippen LogP contribution in [-0.4, -0.2) is 18.2 Å². The molecular weight excluding hydrogens is 378 g/mol. The lowest BCUT2D eigenvalue weighted by Crippen LogP contribution is -2.42. The monoisotopic (exact) mass is 403 g/mol. The van der Waals surface area contributed by atoms with Gasteiger partial charge >= 0.3 is 5.97 Å². The lowest BCUT2D eigenvalue weighted by atomic mass is 9.87. The van der Waals surface area contributed by atoms with Gasteiger partial charge in [-0.2, -0.15) is 0 Å². The number of nitrogen functional groups attached to an aromatic ring is 1. The van der Waals surface area contributed by atoms with E-state index < -0.39 is 5.60 Å². The first-order valence-electron chi connectivity index (χ1n) is 9.29. The molecule has 0 saturated heterocycles. The lowest BCUT2D eigenvalue weighted by molar-refractivity contribution is -0.132. The van der Waals surface area contributed by atoms with Crippen LogP contribution in [0.3, 0.4) is 0 Å². The van der Waals surface area contributed by atoms with Gasteiger partial charge in [-0.05, 0) is 75.4 Å². The molecule has 6 heteroatoms. The summed E-state index contributed by atoms with van der Waals surface area (Å²) in [4.78, 5) is 11.5. The second-order valence-corrected chi connectivity index (χ2v) is 8.04. The van der Waals surface area contributed by atoms with Crippen LogP contribution in [0.1, 0.15) is 42.5 Å². The molecule has 0 aromatic heterocycles. The Bertz CT molecular complexity index is 941. The number of esters is 1. The summed E-state index contributed by atoms with van der Waals surface area (Å²) >= 11 is 6.21. The van der Waals surface area contributed by atoms with Crippen molar-refractivity contribution in [3.63, 3.8) is 0 Å². The molecule has 0 saturated carbocycles. The number of carbonyl (C=O) groups is 1. The average molecular weight is 404 g/mol. The van der Waals surface area contributed by atoms with Crippen LogP contribution < -0.4 is 19.9 Å². The predicted molar refractivity (Wildman–Crippen MR) is 111 cm³/mol. The van der Waals surface area contributed by atoms with E-state index in [0.717, 1.165) is 40.8 Å². The minimum Gasteiger partial charge on any atom is -0.488 e. The van der Waals surface area contributed by atoms with E-state index in [9.17, 15) is 4.79 Å². The Morgan fingerprint density at radius 3 is 2.61 bits per heavy atom. The summed E-state index contributed by atoms with van der Waals surface area (Å²) in [7, 11) is 0. The van der Waals surface area contributed by atoms with Crippen LogP contribution in [0, 0.1) is 20.8 Å². The molecule has 1 aliphatic heterocycles. The summed E-state index contributed by atoms with van der Waals surface area (Å²) in [6, 6.07) is 5.19. The normalized spacial score (nSPS) is 18.2. The van der Waals surface area contributed by atoms with Gasteiger partial charge in [-0.15, -0.1) is 0 Å². The Balaban J connectivity index is 1.86. The van der Waals surface area contributed by atoms with E-state index in [1.54, 1.807) is 18.2 Å². The smallest absolute Gasteiger partial charge is 0.308 e. The quantitative estimate of drug-likeness (QED) is 0.445. The minimum atomic E-state index is -0.496. The van der Waals surface area contributed by atoms with Gasteiger partial charge in [0.05, 0.1) is 5.02 Å². The maximum atomic E-state index is 11.5. The van der Waals surface area contributed by atoms with Crippen molar-refractivity contribution in [2.24, 2.45) is 0 Å². The molecule has 1 aliphatic rings. The van der Waals surface area contributed by atoms with Crippen LogP contribution in [0.5, 0.6) is 17.2 Å². The molecule has 0 fully saturated rings. The van der Waals surface area contributed by atoms with Crippen LogP contribution in [0.25, 0.3) is 0 Å². The van der Waals surface area contributed by atoms with Gasteiger partial charge in [0.1, 0.15) is 29.5 Å². The molecule has 0 amide bonds. The van der Waals surface area contributed by atoms with Gasteiger partial charge < -0.3 is 19.9 Å². The maximum absolute atomic E-state index is 11.5. The molecular formula is C22H26ClNO4. The molecule has 0 bridgehead atoms. The van der Waals surface area contributed by atoms with Crippen molar-refractivity contribution in [1.29, 1.82) is 0 Å². The number of fused-ring (bicyclic) bond motifs is 1. The summed E-state index contributed by atoms with van der Waals surface area (Å²) in [5.41, 5.74) is 9.77. The summed E-state index contributed by atoms with van der Waals surface area (Å²) in [6.07, 6.45) is 1.58. The molecule has 2 N–H and O–H groups in total. The van der Waals surface area contributed by atoms with E-state index in [0.29, 0.717) is 28.8 Å². The third-order valence-electron chi connectivity index (χ3n) is 5.30. The highest BCUT2D eigenvalue weighted by molar-refractivity contribution is 6.32. The molecule has 150 valence electrons. The molecule has 1 atom stereocenters. The highest BCUT2D eigenvalue weighted by atomic mass is 35.5. The molecule has 0 spiro atoms. The van der Waals surface area contributed by atoms with Crippen molar-refractivity contribution in [1.82, 2.24) is 0 Å². The highest BCUT2D eigenvalue weighted by Gasteiger charge is 2.36. The van der Waals surface area contributed by atoms with Crippen molar-refractivity contribution in [2.75, 3.05) is 12.3 Å². The maximum Gasteiger partial charge on any atom is 0.308 e. The number of halogens is 1. The Morgan fingerprint density at radius 2 is 1.96 bits per heavy atom. The third kappa shape index (κ3) is 3.90. The first-order valence-corrected chi connectivity index (χ1v) is 9.67. The first kappa shape index (κ1) is 20.3. The second kappa shape index (κ2) is 7.55. The predicted octanol–water partition coefficient (Wildman–Crippen LogP) is 4.94. The molecule has 3 rings (SSSR count). The van der Waals surface area contributed by atoms with E-state index in [1.807, 2.05) is 27.7 Å². The standard InChI is InChI=1S/C22H26ClNO4/c1-12-13(2)21-17(14(3)20(12)27-15(4)25)8-9-22(5,28-21)11-26-19-7-6-16(24)10-18(19)23/h6-7,10H,8-9,11,24H2,1-5H3. The van der Waals surface area contributed by atoms with E-state index in [2.05, 4.69) is 0 Å². The Labute approximate surface area is 170 Å². The van der Waals surface area contributed by atoms with Gasteiger partial charge in [0.2, 0.25) is 0 Å². The van der Waals surface area contributed by atoms with Gasteiger partial charge in [-0.25, -0.2) is 0 Å². The molecule has 1 heterocycles. The summed E-state index contributed by atoms with van der Waals surface area (Å²) in [5, 5.41) is 0.480. The van der Waals surface area contributed by atoms with Crippen molar-refractivity contribution < 1.29 is 19.0 Å². The van der Waals surface area contributed by atoms with Gasteiger partial charge in [0.25, 0.3) is 0 Å². The topological polar surface area (TPSA) is 70.8 Å². The Hall–Kier alpha value is -2.40. The van der Waals surface area contributed by atoms with E-state index in [1.165, 1.54) is 6.92 Å². The fourth-order valence-electron chi connectivity index (χ4n) is 3.54. The molecule has 2 aromatic carbocycles. The first-order chi connectivity index (χ1) is 13.1. The van der Waals surface area contributed by atoms with Crippen molar-refractivity contribution in [2.45, 2.75) is 53.1 Å². The fourth-order valence-corrected chi connectivity index (χ4v) is 3.79. The molecule has 5 nitrogen and oxygen atoms in total. The number of hydrogen-bond acceptors (Lipinski definition) is 5. The van der Waals surface area contributed by atoms with Crippen molar-refractivity contribution in [3.05, 3.63) is 45.5 Å². The summed E-state index contributed by atoms with van der Waals surface area (Å²) in [5.74, 6) is 1.76. The molecule has 0 aliphatic carbocycles. The number of ether oxygens (including phenoxy) is 3. The number of benzene rings is 2. The van der Waals surface area contributed by atoms with Crippen molar-refractivity contribution in [3.8, 4) is 17.2 Å². The fraction of sp³-hybridized carbons (Fsp3) is 0.409.